The Hall–Kier alpha value is -2.56. The first kappa shape index (κ1) is 14.5. The van der Waals surface area contributed by atoms with E-state index < -0.39 is 39.7 Å². The van der Waals surface area contributed by atoms with Gasteiger partial charge in [0.15, 0.2) is 0 Å². The molecular weight excluding hydrogens is 262 g/mol. The predicted molar refractivity (Wildman–Crippen MR) is 58.7 cm³/mol. The molecule has 0 unspecified atom stereocenters. The van der Waals surface area contributed by atoms with E-state index in [0.29, 0.717) is 12.1 Å². The van der Waals surface area contributed by atoms with Crippen LogP contribution in [0, 0.1) is 21.4 Å². The number of nitro benzene ring substituents is 1. The summed E-state index contributed by atoms with van der Waals surface area (Å²) < 4.78 is 30.3. The molecule has 0 radical (unpaired) electrons. The zero-order chi connectivity index (χ0) is 14.6. The molecule has 0 saturated heterocycles. The number of nitriles is 1. The highest BCUT2D eigenvalue weighted by atomic mass is 19.3. The van der Waals surface area contributed by atoms with Crippen molar-refractivity contribution in [1.29, 1.82) is 5.26 Å². The molecule has 0 bridgehead atoms. The zero-order valence-electron chi connectivity index (χ0n) is 9.72. The highest BCUT2D eigenvalue weighted by Crippen LogP contribution is 2.31. The van der Waals surface area contributed by atoms with Crippen LogP contribution in [0.3, 0.4) is 0 Å². The van der Waals surface area contributed by atoms with Crippen molar-refractivity contribution in [2.45, 2.75) is 13.3 Å². The van der Waals surface area contributed by atoms with Gasteiger partial charge in [-0.1, -0.05) is 0 Å². The van der Waals surface area contributed by atoms with E-state index in [-0.39, 0.29) is 6.61 Å². The molecule has 0 heterocycles. The summed E-state index contributed by atoms with van der Waals surface area (Å²) in [5.74, 6) is -1.13. The van der Waals surface area contributed by atoms with Crippen LogP contribution in [0.5, 0.6) is 0 Å². The number of nitrogens with zero attached hydrogens (tertiary/aromatic N) is 2. The molecule has 0 aliphatic carbocycles. The lowest BCUT2D eigenvalue weighted by atomic mass is 10.0. The number of carbonyl (C=O) groups is 1. The van der Waals surface area contributed by atoms with Crippen LogP contribution in [0.15, 0.2) is 12.1 Å². The summed E-state index contributed by atoms with van der Waals surface area (Å²) in [6, 6.07) is 2.80. The number of non-ortho nitro benzene ring substituents is 1. The monoisotopic (exact) mass is 270 g/mol. The number of hydrogen-bond donors (Lipinski definition) is 0. The minimum absolute atomic E-state index is 0.0773. The lowest BCUT2D eigenvalue weighted by Crippen LogP contribution is -2.11. The number of nitro groups is 1. The third-order valence-corrected chi connectivity index (χ3v) is 2.21. The molecule has 0 aromatic heterocycles. The molecule has 0 atom stereocenters. The van der Waals surface area contributed by atoms with E-state index in [1.54, 1.807) is 0 Å². The molecule has 0 N–H and O–H groups in total. The van der Waals surface area contributed by atoms with Gasteiger partial charge in [0.25, 0.3) is 12.1 Å². The number of ether oxygens (including phenoxy) is 1. The fourth-order valence-electron chi connectivity index (χ4n) is 1.45. The average Bonchev–Trinajstić information content (AvgIpc) is 2.36. The van der Waals surface area contributed by atoms with Crippen LogP contribution in [-0.4, -0.2) is 17.5 Å². The highest BCUT2D eigenvalue weighted by Gasteiger charge is 2.27. The van der Waals surface area contributed by atoms with Gasteiger partial charge in [-0.3, -0.25) is 10.1 Å². The Balaban J connectivity index is 3.55. The Morgan fingerprint density at radius 3 is 2.63 bits per heavy atom. The van der Waals surface area contributed by atoms with E-state index in [9.17, 15) is 23.7 Å². The molecule has 100 valence electrons. The van der Waals surface area contributed by atoms with Crippen molar-refractivity contribution in [1.82, 2.24) is 0 Å². The first-order chi connectivity index (χ1) is 8.92. The van der Waals surface area contributed by atoms with E-state index in [1.165, 1.54) is 13.0 Å². The Morgan fingerprint density at radius 1 is 1.58 bits per heavy atom. The van der Waals surface area contributed by atoms with E-state index in [0.717, 1.165) is 0 Å². The van der Waals surface area contributed by atoms with Gasteiger partial charge >= 0.3 is 5.97 Å². The van der Waals surface area contributed by atoms with Gasteiger partial charge in [0.05, 0.1) is 34.3 Å². The molecule has 1 rings (SSSR count). The molecule has 0 saturated carbocycles. The van der Waals surface area contributed by atoms with Gasteiger partial charge in [0.1, 0.15) is 0 Å². The highest BCUT2D eigenvalue weighted by molar-refractivity contribution is 5.93. The van der Waals surface area contributed by atoms with Crippen LogP contribution >= 0.6 is 0 Å². The number of alkyl halides is 2. The van der Waals surface area contributed by atoms with Crippen molar-refractivity contribution in [2.75, 3.05) is 6.61 Å². The van der Waals surface area contributed by atoms with E-state index in [2.05, 4.69) is 4.74 Å². The first-order valence-corrected chi connectivity index (χ1v) is 5.10. The number of benzene rings is 1. The summed E-state index contributed by atoms with van der Waals surface area (Å²) in [4.78, 5) is 21.3. The second-order valence-corrected chi connectivity index (χ2v) is 3.34. The van der Waals surface area contributed by atoms with Crippen LogP contribution in [0.4, 0.5) is 14.5 Å². The van der Waals surface area contributed by atoms with Crippen molar-refractivity contribution in [3.8, 4) is 6.07 Å². The summed E-state index contributed by atoms with van der Waals surface area (Å²) in [6.45, 7) is 1.38. The Labute approximate surface area is 106 Å². The van der Waals surface area contributed by atoms with Gasteiger partial charge in [0, 0.05) is 12.1 Å². The SMILES string of the molecule is CCOC(=O)c1cc([N+](=O)[O-])cc(C#N)c1C(F)F. The van der Waals surface area contributed by atoms with Gasteiger partial charge in [0.2, 0.25) is 0 Å². The van der Waals surface area contributed by atoms with Gasteiger partial charge < -0.3 is 4.74 Å². The molecule has 0 amide bonds. The van der Waals surface area contributed by atoms with Crippen molar-refractivity contribution < 1.29 is 23.2 Å². The predicted octanol–water partition coefficient (Wildman–Crippen LogP) is 2.58. The van der Waals surface area contributed by atoms with Crippen molar-refractivity contribution in [3.05, 3.63) is 38.9 Å². The van der Waals surface area contributed by atoms with Crippen LogP contribution in [0.2, 0.25) is 0 Å². The number of esters is 1. The fraction of sp³-hybridized carbons (Fsp3) is 0.273. The van der Waals surface area contributed by atoms with Crippen LogP contribution in [0.25, 0.3) is 0 Å². The zero-order valence-corrected chi connectivity index (χ0v) is 9.72. The minimum atomic E-state index is -3.12. The maximum Gasteiger partial charge on any atom is 0.338 e. The molecule has 0 aliphatic heterocycles. The summed E-state index contributed by atoms with van der Waals surface area (Å²) in [5, 5.41) is 19.4. The van der Waals surface area contributed by atoms with E-state index >= 15 is 0 Å². The normalized spacial score (nSPS) is 10.1. The maximum absolute atomic E-state index is 12.9. The standard InChI is InChI=1S/C11H8F2N2O4/c1-2-19-11(16)8-4-7(15(17)18)3-6(5-14)9(8)10(12)13/h3-4,10H,2H2,1H3. The van der Waals surface area contributed by atoms with Gasteiger partial charge in [-0.05, 0) is 6.92 Å². The third-order valence-electron chi connectivity index (χ3n) is 2.21. The van der Waals surface area contributed by atoms with Gasteiger partial charge in [-0.15, -0.1) is 0 Å². The molecule has 0 spiro atoms. The molecular formula is C11H8F2N2O4. The topological polar surface area (TPSA) is 93.2 Å². The summed E-state index contributed by atoms with van der Waals surface area (Å²) >= 11 is 0. The Kier molecular flexibility index (Phi) is 4.47. The first-order valence-electron chi connectivity index (χ1n) is 5.10. The number of hydrogen-bond acceptors (Lipinski definition) is 5. The lowest BCUT2D eigenvalue weighted by molar-refractivity contribution is -0.384. The third kappa shape index (κ3) is 3.01. The average molecular weight is 270 g/mol. The lowest BCUT2D eigenvalue weighted by Gasteiger charge is -2.09. The largest absolute Gasteiger partial charge is 0.462 e. The van der Waals surface area contributed by atoms with E-state index in [4.69, 9.17) is 5.26 Å². The van der Waals surface area contributed by atoms with Crippen molar-refractivity contribution in [3.63, 3.8) is 0 Å². The second-order valence-electron chi connectivity index (χ2n) is 3.34. The summed E-state index contributed by atoms with van der Waals surface area (Å²) in [5.41, 5.74) is -2.76. The van der Waals surface area contributed by atoms with Gasteiger partial charge in [-0.2, -0.15) is 5.26 Å². The number of halogens is 2. The van der Waals surface area contributed by atoms with Crippen molar-refractivity contribution in [2.24, 2.45) is 0 Å². The molecule has 8 heteroatoms. The van der Waals surface area contributed by atoms with Gasteiger partial charge in [-0.25, -0.2) is 13.6 Å². The molecule has 0 fully saturated rings. The summed E-state index contributed by atoms with van der Waals surface area (Å²) in [7, 11) is 0. The van der Waals surface area contributed by atoms with E-state index in [1.807, 2.05) is 0 Å². The quantitative estimate of drug-likeness (QED) is 0.476. The Morgan fingerprint density at radius 2 is 2.21 bits per heavy atom. The Bertz CT molecular complexity index is 567. The molecule has 1 aromatic rings. The number of rotatable bonds is 4. The maximum atomic E-state index is 12.9. The number of carbonyl (C=O) groups excluding carboxylic acids is 1. The molecule has 19 heavy (non-hydrogen) atoms. The van der Waals surface area contributed by atoms with Crippen LogP contribution in [0.1, 0.15) is 34.8 Å². The fourth-order valence-corrected chi connectivity index (χ4v) is 1.45. The minimum Gasteiger partial charge on any atom is -0.462 e. The smallest absolute Gasteiger partial charge is 0.338 e. The molecule has 0 aliphatic rings. The molecule has 1 aromatic carbocycles. The second kappa shape index (κ2) is 5.86. The van der Waals surface area contributed by atoms with Crippen molar-refractivity contribution >= 4 is 11.7 Å². The van der Waals surface area contributed by atoms with Crippen LogP contribution in [-0.2, 0) is 4.74 Å². The molecule has 6 nitrogen and oxygen atoms in total. The van der Waals surface area contributed by atoms with Crippen LogP contribution < -0.4 is 0 Å². The summed E-state index contributed by atoms with van der Waals surface area (Å²) in [6.07, 6.45) is -3.12.